The first-order valence-electron chi connectivity index (χ1n) is 25.5. The molecule has 0 spiro atoms. The Morgan fingerprint density at radius 2 is 1.10 bits per heavy atom. The van der Waals surface area contributed by atoms with Gasteiger partial charge in [-0.05, 0) is 129 Å². The molecule has 0 fully saturated rings. The van der Waals surface area contributed by atoms with Crippen molar-refractivity contribution in [3.8, 4) is 55.9 Å². The molecule has 16 rings (SSSR count). The molecule has 13 aromatic rings. The molecule has 3 nitrogen and oxygen atoms in total. The first kappa shape index (κ1) is 41.0. The molecule has 3 aliphatic rings. The first-order valence-corrected chi connectivity index (χ1v) is 26.3. The van der Waals surface area contributed by atoms with Gasteiger partial charge < -0.3 is 13.9 Å². The average molecular weight is 951 g/mol. The summed E-state index contributed by atoms with van der Waals surface area (Å²) in [6.45, 7) is 4.75. The highest BCUT2D eigenvalue weighted by atomic mass is 32.1. The number of hydrogen-bond acceptors (Lipinski definition) is 2. The van der Waals surface area contributed by atoms with Gasteiger partial charge in [0.1, 0.15) is 11.9 Å². The van der Waals surface area contributed by atoms with Crippen molar-refractivity contribution in [2.24, 2.45) is 0 Å². The zero-order valence-corrected chi connectivity index (χ0v) is 41.2. The molecular weight excluding hydrogens is 905 g/mol. The third kappa shape index (κ3) is 5.87. The van der Waals surface area contributed by atoms with Crippen molar-refractivity contribution < 1.29 is 4.74 Å². The van der Waals surface area contributed by atoms with Crippen LogP contribution in [0.25, 0.3) is 125 Å². The number of para-hydroxylation sites is 4. The maximum Gasteiger partial charge on any atom is 0.128 e. The zero-order valence-electron chi connectivity index (χ0n) is 40.4. The molecule has 2 aliphatic carbocycles. The normalized spacial score (nSPS) is 15.5. The molecule has 3 aromatic heterocycles. The lowest BCUT2D eigenvalue weighted by molar-refractivity contribution is 0.279. The van der Waals surface area contributed by atoms with E-state index in [1.165, 1.54) is 142 Å². The van der Waals surface area contributed by atoms with Gasteiger partial charge in [-0.15, -0.1) is 11.3 Å². The molecule has 0 bridgehead atoms. The minimum atomic E-state index is -0.130. The lowest BCUT2D eigenvalue weighted by Gasteiger charge is -2.22. The molecular formula is C69H46N2OS. The molecule has 1 atom stereocenters. The van der Waals surface area contributed by atoms with Crippen molar-refractivity contribution in [2.75, 3.05) is 0 Å². The Morgan fingerprint density at radius 1 is 0.452 bits per heavy atom. The number of ether oxygens (including phenoxy) is 1. The van der Waals surface area contributed by atoms with Crippen LogP contribution in [0.4, 0.5) is 0 Å². The number of nitrogens with zero attached hydrogens (tertiary/aromatic N) is 2. The minimum absolute atomic E-state index is 0.0343. The summed E-state index contributed by atoms with van der Waals surface area (Å²) in [5.41, 5.74) is 22.0. The van der Waals surface area contributed by atoms with Crippen LogP contribution in [0.2, 0.25) is 0 Å². The monoisotopic (exact) mass is 950 g/mol. The topological polar surface area (TPSA) is 19.1 Å². The predicted octanol–water partition coefficient (Wildman–Crippen LogP) is 18.7. The highest BCUT2D eigenvalue weighted by Crippen LogP contribution is 2.51. The fraction of sp³-hybridized carbons (Fsp3) is 0.0725. The van der Waals surface area contributed by atoms with Crippen LogP contribution in [0.5, 0.6) is 5.75 Å². The molecule has 0 saturated carbocycles. The van der Waals surface area contributed by atoms with Crippen LogP contribution in [0.1, 0.15) is 37.0 Å². The largest absolute Gasteiger partial charge is 0.485 e. The molecule has 0 N–H and O–H groups in total. The standard InChI is InChI=1S/C69H46N2OS/c1-69(2)58-23-8-3-15-49(58)50-32-30-46(40-59(50)69)71-60-24-9-4-16-51(60)54-22-13-21-48(68(54)71)44-36-42(41-29-34-66-57(38-41)53-18-7-12-28-65(53)73-66)35-43(37-44)47-20-14-26-62-67(47)55-19-5-10-25-61(55)70(62)45-31-33-64-56(39-45)52-17-6-11-27-63(52)72-64/h3-32,34-40,64H,33H2,1-2H3. The molecule has 1 aliphatic heterocycles. The van der Waals surface area contributed by atoms with Crippen LogP contribution in [-0.4, -0.2) is 15.2 Å². The van der Waals surface area contributed by atoms with Crippen molar-refractivity contribution in [1.29, 1.82) is 0 Å². The van der Waals surface area contributed by atoms with E-state index in [2.05, 4.69) is 247 Å². The average Bonchev–Trinajstić information content (AvgIpc) is 4.24. The molecule has 1 unspecified atom stereocenters. The van der Waals surface area contributed by atoms with Crippen molar-refractivity contribution in [3.05, 3.63) is 241 Å². The number of fused-ring (bicyclic) bond motifs is 15. The van der Waals surface area contributed by atoms with E-state index >= 15 is 0 Å². The molecule has 10 aromatic carbocycles. The summed E-state index contributed by atoms with van der Waals surface area (Å²) in [4.78, 5) is 0. The van der Waals surface area contributed by atoms with Crippen LogP contribution in [0, 0.1) is 0 Å². The molecule has 4 heteroatoms. The summed E-state index contributed by atoms with van der Waals surface area (Å²) in [5, 5.41) is 7.58. The number of aromatic nitrogens is 2. The summed E-state index contributed by atoms with van der Waals surface area (Å²) in [5.74, 6) is 0.971. The van der Waals surface area contributed by atoms with E-state index in [1.54, 1.807) is 0 Å². The van der Waals surface area contributed by atoms with Crippen LogP contribution in [-0.2, 0) is 5.41 Å². The minimum Gasteiger partial charge on any atom is -0.485 e. The van der Waals surface area contributed by atoms with E-state index in [0.29, 0.717) is 0 Å². The third-order valence-corrected chi connectivity index (χ3v) is 17.6. The predicted molar refractivity (Wildman–Crippen MR) is 308 cm³/mol. The lowest BCUT2D eigenvalue weighted by atomic mass is 9.82. The van der Waals surface area contributed by atoms with E-state index in [9.17, 15) is 0 Å². The fourth-order valence-electron chi connectivity index (χ4n) is 13.0. The third-order valence-electron chi connectivity index (χ3n) is 16.4. The smallest absolute Gasteiger partial charge is 0.128 e. The van der Waals surface area contributed by atoms with Crippen LogP contribution in [0.3, 0.4) is 0 Å². The summed E-state index contributed by atoms with van der Waals surface area (Å²) in [7, 11) is 0. The molecule has 73 heavy (non-hydrogen) atoms. The fourth-order valence-corrected chi connectivity index (χ4v) is 14.1. The summed E-state index contributed by atoms with van der Waals surface area (Å²) in [6, 6.07) is 79.5. The lowest BCUT2D eigenvalue weighted by Crippen LogP contribution is -2.15. The Balaban J connectivity index is 0.949. The number of thiophene rings is 1. The van der Waals surface area contributed by atoms with Gasteiger partial charge in [-0.25, -0.2) is 0 Å². The molecule has 0 radical (unpaired) electrons. The zero-order chi connectivity index (χ0) is 48.1. The Labute approximate surface area is 426 Å². The second-order valence-electron chi connectivity index (χ2n) is 20.7. The van der Waals surface area contributed by atoms with Crippen molar-refractivity contribution in [2.45, 2.75) is 31.8 Å². The summed E-state index contributed by atoms with van der Waals surface area (Å²) in [6.07, 6.45) is 5.58. The Kier molecular flexibility index (Phi) is 8.51. The maximum atomic E-state index is 6.45. The van der Waals surface area contributed by atoms with Crippen LogP contribution < -0.4 is 4.74 Å². The number of allylic oxidation sites excluding steroid dienone is 2. The second-order valence-corrected chi connectivity index (χ2v) is 21.8. The van der Waals surface area contributed by atoms with Gasteiger partial charge in [0.2, 0.25) is 0 Å². The second kappa shape index (κ2) is 15.2. The highest BCUT2D eigenvalue weighted by Gasteiger charge is 2.36. The first-order chi connectivity index (χ1) is 35.9. The van der Waals surface area contributed by atoms with Crippen LogP contribution >= 0.6 is 11.3 Å². The van der Waals surface area contributed by atoms with Gasteiger partial charge in [0.05, 0.1) is 22.1 Å². The number of hydrogen-bond donors (Lipinski definition) is 0. The Hall–Kier alpha value is -8.70. The van der Waals surface area contributed by atoms with E-state index in [-0.39, 0.29) is 11.5 Å². The van der Waals surface area contributed by atoms with Gasteiger partial charge >= 0.3 is 0 Å². The Morgan fingerprint density at radius 3 is 1.99 bits per heavy atom. The maximum absolute atomic E-state index is 6.45. The molecule has 0 saturated heterocycles. The van der Waals surface area contributed by atoms with Gasteiger partial charge in [-0.1, -0.05) is 159 Å². The molecule has 0 amide bonds. The quantitative estimate of drug-likeness (QED) is 0.168. The van der Waals surface area contributed by atoms with Crippen molar-refractivity contribution in [3.63, 3.8) is 0 Å². The van der Waals surface area contributed by atoms with E-state index in [0.717, 1.165) is 12.2 Å². The summed E-state index contributed by atoms with van der Waals surface area (Å²) >= 11 is 1.87. The van der Waals surface area contributed by atoms with Crippen molar-refractivity contribution >= 4 is 86.4 Å². The van der Waals surface area contributed by atoms with E-state index in [1.807, 2.05) is 11.3 Å². The molecule has 4 heterocycles. The van der Waals surface area contributed by atoms with Gasteiger partial charge in [-0.3, -0.25) is 0 Å². The summed E-state index contributed by atoms with van der Waals surface area (Å²) < 4.78 is 14.1. The van der Waals surface area contributed by atoms with Crippen LogP contribution in [0.15, 0.2) is 224 Å². The van der Waals surface area contributed by atoms with E-state index < -0.39 is 0 Å². The number of benzene rings is 10. The van der Waals surface area contributed by atoms with Gasteiger partial charge in [0, 0.05) is 81.6 Å². The SMILES string of the molecule is CC1(C)c2ccccc2-c2ccc(-n3c4ccccc4c4cccc(-c5cc(-c6ccc7sc8ccccc8c7c6)cc(-c6cccc7c6c6ccccc6n7C6=CCC7Oc8ccccc8C7=C6)c5)c43)cc21. The number of rotatable bonds is 5. The van der Waals surface area contributed by atoms with Gasteiger partial charge in [0.25, 0.3) is 0 Å². The highest BCUT2D eigenvalue weighted by molar-refractivity contribution is 7.25. The van der Waals surface area contributed by atoms with Gasteiger partial charge in [0.15, 0.2) is 0 Å². The van der Waals surface area contributed by atoms with Crippen molar-refractivity contribution in [1.82, 2.24) is 9.13 Å². The Bertz CT molecular complexity index is 4610. The molecule has 344 valence electrons. The van der Waals surface area contributed by atoms with Gasteiger partial charge in [-0.2, -0.15) is 0 Å². The van der Waals surface area contributed by atoms with E-state index in [4.69, 9.17) is 4.74 Å².